The van der Waals surface area contributed by atoms with Crippen LogP contribution in [0, 0.1) is 0 Å². The molecule has 0 unspecified atom stereocenters. The molecule has 1 aromatic heterocycles. The maximum absolute atomic E-state index is 14.1. The van der Waals surface area contributed by atoms with Crippen molar-refractivity contribution >= 4 is 52.4 Å². The van der Waals surface area contributed by atoms with Gasteiger partial charge in [-0.05, 0) is 60.9 Å². The third-order valence-electron chi connectivity index (χ3n) is 9.11. The number of allylic oxidation sites excluding steroid dienone is 5. The zero-order valence-electron chi connectivity index (χ0n) is 32.5. The van der Waals surface area contributed by atoms with Gasteiger partial charge >= 0.3 is 0 Å². The van der Waals surface area contributed by atoms with Gasteiger partial charge in [0.15, 0.2) is 17.8 Å². The summed E-state index contributed by atoms with van der Waals surface area (Å²) in [5.74, 6) is -4.10. The topological polar surface area (TPSA) is 336 Å². The van der Waals surface area contributed by atoms with Gasteiger partial charge in [-0.1, -0.05) is 60.7 Å². The first-order valence-electron chi connectivity index (χ1n) is 19.0. The zero-order chi connectivity index (χ0) is 42.7. The Labute approximate surface area is 341 Å². The van der Waals surface area contributed by atoms with Crippen LogP contribution in [0.3, 0.4) is 0 Å². The number of nitrogens with zero attached hydrogens (tertiary/aromatic N) is 2. The van der Waals surface area contributed by atoms with Crippen molar-refractivity contribution in [2.45, 2.75) is 62.7 Å². The number of carbonyl (C=O) groups excluding carboxylic acids is 5. The van der Waals surface area contributed by atoms with Gasteiger partial charge in [0, 0.05) is 42.7 Å². The third kappa shape index (κ3) is 14.9. The van der Waals surface area contributed by atoms with Crippen LogP contribution >= 0.6 is 0 Å². The summed E-state index contributed by atoms with van der Waals surface area (Å²) in [4.78, 5) is 78.8. The molecule has 0 radical (unpaired) electrons. The molecule has 3 aromatic rings. The third-order valence-corrected chi connectivity index (χ3v) is 9.11. The van der Waals surface area contributed by atoms with Gasteiger partial charge in [-0.2, -0.15) is 0 Å². The van der Waals surface area contributed by atoms with E-state index >= 15 is 0 Å². The lowest BCUT2D eigenvalue weighted by Crippen LogP contribution is -2.58. The van der Waals surface area contributed by atoms with Crippen molar-refractivity contribution in [2.75, 3.05) is 19.6 Å². The van der Waals surface area contributed by atoms with Crippen LogP contribution in [0.1, 0.15) is 36.9 Å². The van der Waals surface area contributed by atoms with E-state index in [0.29, 0.717) is 11.3 Å². The Morgan fingerprint density at radius 1 is 0.661 bits per heavy atom. The summed E-state index contributed by atoms with van der Waals surface area (Å²) in [5.41, 5.74) is 30.3. The number of aromatic amines is 1. The normalized spacial score (nSPS) is 13.7. The summed E-state index contributed by atoms with van der Waals surface area (Å²) in [6.45, 7) is -0.117. The molecule has 4 atom stereocenters. The number of amides is 5. The Bertz CT molecular complexity index is 2040. The average molecular weight is 812 g/mol. The average Bonchev–Trinajstić information content (AvgIpc) is 3.89. The highest BCUT2D eigenvalue weighted by molar-refractivity contribution is 5.96. The Kier molecular flexibility index (Phi) is 16.9. The van der Waals surface area contributed by atoms with Crippen LogP contribution in [0.2, 0.25) is 0 Å². The first kappa shape index (κ1) is 44.4. The number of benzene rings is 2. The lowest BCUT2D eigenvalue weighted by Gasteiger charge is -2.26. The van der Waals surface area contributed by atoms with E-state index in [-0.39, 0.29) is 76.0 Å². The number of fused-ring (bicyclic) bond motifs is 1. The molecule has 1 aliphatic carbocycles. The summed E-state index contributed by atoms with van der Waals surface area (Å²) in [5, 5.41) is 24.7. The van der Waals surface area contributed by atoms with Crippen LogP contribution in [0.4, 0.5) is 0 Å². The largest absolute Gasteiger partial charge is 0.494 e. The van der Waals surface area contributed by atoms with Gasteiger partial charge in [-0.3, -0.25) is 34.0 Å². The maximum atomic E-state index is 14.1. The minimum absolute atomic E-state index is 0.00111. The van der Waals surface area contributed by atoms with Gasteiger partial charge in [0.2, 0.25) is 29.5 Å². The minimum atomic E-state index is -1.25. The second-order valence-electron chi connectivity index (χ2n) is 13.8. The molecule has 5 amide bonds. The van der Waals surface area contributed by atoms with Gasteiger partial charge in [-0.25, -0.2) is 0 Å². The molecule has 0 spiro atoms. The Morgan fingerprint density at radius 2 is 1.20 bits per heavy atom. The summed E-state index contributed by atoms with van der Waals surface area (Å²) in [7, 11) is 0. The lowest BCUT2D eigenvalue weighted by molar-refractivity contribution is -0.134. The van der Waals surface area contributed by atoms with E-state index in [4.69, 9.17) is 28.7 Å². The highest BCUT2D eigenvalue weighted by Crippen LogP contribution is 2.16. The van der Waals surface area contributed by atoms with Crippen molar-refractivity contribution in [3.8, 4) is 0 Å². The number of primary amides is 1. The second kappa shape index (κ2) is 22.4. The molecular weight excluding hydrogens is 759 g/mol. The lowest BCUT2D eigenvalue weighted by atomic mass is 10.0. The zero-order valence-corrected chi connectivity index (χ0v) is 32.5. The van der Waals surface area contributed by atoms with Crippen molar-refractivity contribution in [1.29, 1.82) is 0 Å². The van der Waals surface area contributed by atoms with E-state index in [0.717, 1.165) is 16.5 Å². The molecule has 1 heterocycles. The predicted molar refractivity (Wildman–Crippen MR) is 225 cm³/mol. The quantitative estimate of drug-likeness (QED) is 0.0238. The van der Waals surface area contributed by atoms with E-state index in [1.807, 2.05) is 36.4 Å². The van der Waals surface area contributed by atoms with Crippen LogP contribution in [0.5, 0.6) is 0 Å². The molecule has 2 aromatic carbocycles. The highest BCUT2D eigenvalue weighted by atomic mass is 16.3. The van der Waals surface area contributed by atoms with E-state index in [1.54, 1.807) is 48.6 Å². The number of aromatic nitrogens is 1. The molecule has 0 bridgehead atoms. The van der Waals surface area contributed by atoms with Gasteiger partial charge in [-0.15, -0.1) is 0 Å². The molecule has 0 saturated carbocycles. The van der Waals surface area contributed by atoms with Crippen molar-refractivity contribution in [3.05, 3.63) is 108 Å². The van der Waals surface area contributed by atoms with Gasteiger partial charge in [0.25, 0.3) is 0 Å². The summed E-state index contributed by atoms with van der Waals surface area (Å²) >= 11 is 0. The van der Waals surface area contributed by atoms with Crippen molar-refractivity contribution in [3.63, 3.8) is 0 Å². The van der Waals surface area contributed by atoms with E-state index in [2.05, 4.69) is 41.6 Å². The molecule has 314 valence electrons. The number of para-hydroxylation sites is 1. The standard InChI is InChI=1S/C40H53N13O6/c41-34(55)31(20-24-10-2-1-3-11-24)53-37(58)30(17-9-19-47-40(44)45)51-36(57)29(16-8-18-46-39(42)43)52-38(59)32(22-27-21-26-14-6-7-15-28(26)49-27)50-33(54)23-48-35(56)25-12-4-5-13-25/h1-7,10-15,21,29-32,48-49,56H,8-9,16-20,22-23H2,(H2,41,55)(H,50,54)(H,51,57)(H,52,59)(H,53,58)(H4,42,43,46)(H4,44,45,47)/t29-,30-,31-,32-/m0/s1. The Balaban J connectivity index is 1.56. The van der Waals surface area contributed by atoms with Crippen LogP contribution in [0.25, 0.3) is 10.9 Å². The summed E-state index contributed by atoms with van der Waals surface area (Å²) < 4.78 is 0. The molecule has 19 nitrogen and oxygen atoms in total. The number of aliphatic hydroxyl groups excluding tert-OH is 1. The van der Waals surface area contributed by atoms with E-state index < -0.39 is 53.7 Å². The van der Waals surface area contributed by atoms with Gasteiger partial charge in [0.1, 0.15) is 24.2 Å². The number of H-pyrrole nitrogens is 1. The Morgan fingerprint density at radius 3 is 1.76 bits per heavy atom. The fourth-order valence-electron chi connectivity index (χ4n) is 6.15. The maximum Gasteiger partial charge on any atom is 0.243 e. The smallest absolute Gasteiger partial charge is 0.243 e. The number of nitrogens with one attached hydrogen (secondary N) is 6. The van der Waals surface area contributed by atoms with Gasteiger partial charge < -0.3 is 65.3 Å². The molecule has 59 heavy (non-hydrogen) atoms. The van der Waals surface area contributed by atoms with E-state index in [1.165, 1.54) is 0 Å². The first-order valence-corrected chi connectivity index (χ1v) is 19.0. The highest BCUT2D eigenvalue weighted by Gasteiger charge is 2.31. The molecule has 0 saturated heterocycles. The number of nitrogens with two attached hydrogens (primary N) is 5. The number of rotatable bonds is 23. The van der Waals surface area contributed by atoms with Crippen LogP contribution in [-0.4, -0.2) is 95.3 Å². The summed E-state index contributed by atoms with van der Waals surface area (Å²) in [6.07, 6.45) is 7.41. The van der Waals surface area contributed by atoms with Crippen LogP contribution < -0.4 is 55.3 Å². The van der Waals surface area contributed by atoms with Crippen LogP contribution in [0.15, 0.2) is 106 Å². The fourth-order valence-corrected chi connectivity index (χ4v) is 6.15. The molecule has 4 rings (SSSR count). The molecule has 17 N–H and O–H groups in total. The van der Waals surface area contributed by atoms with Crippen LogP contribution in [-0.2, 0) is 36.8 Å². The second-order valence-corrected chi connectivity index (χ2v) is 13.8. The number of aliphatic imine (C=N–C) groups is 2. The number of hydrogen-bond acceptors (Lipinski definition) is 9. The number of hydrogen-bond donors (Lipinski definition) is 12. The monoisotopic (exact) mass is 811 g/mol. The molecule has 0 fully saturated rings. The van der Waals surface area contributed by atoms with Crippen molar-refractivity contribution in [2.24, 2.45) is 38.7 Å². The molecule has 1 aliphatic rings. The number of aliphatic hydroxyl groups is 1. The van der Waals surface area contributed by atoms with Crippen molar-refractivity contribution < 1.29 is 29.1 Å². The molecule has 0 aliphatic heterocycles. The van der Waals surface area contributed by atoms with Gasteiger partial charge in [0.05, 0.1) is 6.54 Å². The van der Waals surface area contributed by atoms with E-state index in [9.17, 15) is 29.1 Å². The summed E-state index contributed by atoms with van der Waals surface area (Å²) in [6, 6.07) is 13.5. The fraction of sp³-hybridized carbons (Fsp3) is 0.325. The SMILES string of the molecule is NC(=O)[C@H](Cc1ccccc1)NC(=O)[C@H](CCCN=C(N)N)NC(=O)[C@H](CCCN=C(N)N)NC(=O)[C@H](Cc1cc2ccccc2[nH]1)NC(=O)CNC(O)=C1C=CC=C1. The molecule has 19 heteroatoms. The molecular formula is C40H53N13O6. The minimum Gasteiger partial charge on any atom is -0.494 e. The van der Waals surface area contributed by atoms with Crippen molar-refractivity contribution in [1.82, 2.24) is 31.6 Å². The predicted octanol–water partition coefficient (Wildman–Crippen LogP) is -1.03. The number of guanidine groups is 2. The Hall–Kier alpha value is -7.31. The number of carbonyl (C=O) groups is 5. The first-order chi connectivity index (χ1) is 28.3.